The fraction of sp³-hybridized carbons (Fsp3) is 0.231. The molecule has 3 aromatic rings. The average molecular weight is 530 g/mol. The van der Waals surface area contributed by atoms with Gasteiger partial charge in [0.2, 0.25) is 5.91 Å². The van der Waals surface area contributed by atoms with Crippen LogP contribution in [0.15, 0.2) is 71.6 Å². The highest BCUT2D eigenvalue weighted by atomic mass is 32.2. The lowest BCUT2D eigenvalue weighted by atomic mass is 10.1. The van der Waals surface area contributed by atoms with Crippen molar-refractivity contribution >= 4 is 27.6 Å². The number of carbonyl (C=O) groups is 2. The van der Waals surface area contributed by atoms with Crippen LogP contribution in [0.4, 0.5) is 23.7 Å². The molecule has 3 amide bonds. The van der Waals surface area contributed by atoms with E-state index in [1.54, 1.807) is 12.1 Å². The number of amides is 3. The van der Waals surface area contributed by atoms with Crippen molar-refractivity contribution in [2.24, 2.45) is 5.92 Å². The van der Waals surface area contributed by atoms with Gasteiger partial charge < -0.3 is 4.90 Å². The molecule has 7 nitrogen and oxygen atoms in total. The lowest BCUT2D eigenvalue weighted by Crippen LogP contribution is -2.51. The van der Waals surface area contributed by atoms with Gasteiger partial charge in [0.1, 0.15) is 22.3 Å². The second-order valence-corrected chi connectivity index (χ2v) is 11.0. The Hall–Kier alpha value is -3.86. The summed E-state index contributed by atoms with van der Waals surface area (Å²) in [6.45, 7) is 0.0193. The third-order valence-electron chi connectivity index (χ3n) is 6.44. The molecule has 5 rings (SSSR count). The molecular weight excluding hydrogens is 507 g/mol. The number of halogens is 3. The molecule has 0 N–H and O–H groups in total. The van der Waals surface area contributed by atoms with Gasteiger partial charge in [-0.1, -0.05) is 24.3 Å². The van der Waals surface area contributed by atoms with E-state index >= 15 is 0 Å². The number of rotatable bonds is 6. The van der Waals surface area contributed by atoms with Gasteiger partial charge in [-0.2, -0.15) is 0 Å². The van der Waals surface area contributed by atoms with Gasteiger partial charge in [-0.25, -0.2) is 30.7 Å². The first-order valence-corrected chi connectivity index (χ1v) is 13.0. The first-order valence-electron chi connectivity index (χ1n) is 11.5. The number of sulfonamides is 1. The minimum Gasteiger partial charge on any atom is -0.338 e. The lowest BCUT2D eigenvalue weighted by Gasteiger charge is -2.37. The number of para-hydroxylation sites is 1. The fourth-order valence-electron chi connectivity index (χ4n) is 4.75. The predicted molar refractivity (Wildman–Crippen MR) is 128 cm³/mol. The highest BCUT2D eigenvalue weighted by molar-refractivity contribution is 7.90. The Labute approximate surface area is 211 Å². The van der Waals surface area contributed by atoms with Gasteiger partial charge >= 0.3 is 6.03 Å². The zero-order valence-corrected chi connectivity index (χ0v) is 20.3. The number of fused-ring (bicyclic) bond motifs is 1. The molecule has 0 radical (unpaired) electrons. The standard InChI is InChI=1S/C26H22F3N3O4S/c27-20-7-5-17(6-8-20)16-32-26(34)31(23-3-1-2-4-24(23)37(32,35)36)15-19-11-25(33)30(14-19)13-18-9-21(28)12-22(29)10-18/h1-10,12,19H,11,13-16H2. The molecule has 3 aromatic carbocycles. The monoisotopic (exact) mass is 529 g/mol. The third-order valence-corrected chi connectivity index (χ3v) is 8.21. The molecule has 37 heavy (non-hydrogen) atoms. The fourth-order valence-corrected chi connectivity index (χ4v) is 6.31. The van der Waals surface area contributed by atoms with Gasteiger partial charge in [0.25, 0.3) is 10.0 Å². The predicted octanol–water partition coefficient (Wildman–Crippen LogP) is 4.28. The van der Waals surface area contributed by atoms with Gasteiger partial charge in [-0.3, -0.25) is 9.69 Å². The molecule has 192 valence electrons. The van der Waals surface area contributed by atoms with Crippen LogP contribution in [0.2, 0.25) is 0 Å². The SMILES string of the molecule is O=C1CC(CN2C(=O)N(Cc3ccc(F)cc3)S(=O)(=O)c3ccccc32)CN1Cc1cc(F)cc(F)c1. The van der Waals surface area contributed by atoms with E-state index in [4.69, 9.17) is 0 Å². The van der Waals surface area contributed by atoms with Gasteiger partial charge in [0.05, 0.1) is 12.2 Å². The van der Waals surface area contributed by atoms with Crippen molar-refractivity contribution < 1.29 is 31.2 Å². The van der Waals surface area contributed by atoms with Gasteiger partial charge in [0, 0.05) is 38.0 Å². The van der Waals surface area contributed by atoms with E-state index in [2.05, 4.69) is 0 Å². The number of anilines is 1. The molecule has 11 heteroatoms. The van der Waals surface area contributed by atoms with E-state index in [0.717, 1.165) is 22.5 Å². The Morgan fingerprint density at radius 1 is 0.811 bits per heavy atom. The number of hydrogen-bond acceptors (Lipinski definition) is 4. The van der Waals surface area contributed by atoms with E-state index in [1.807, 2.05) is 0 Å². The second-order valence-electron chi connectivity index (χ2n) is 9.12. The Morgan fingerprint density at radius 3 is 2.19 bits per heavy atom. The molecule has 2 aliphatic rings. The van der Waals surface area contributed by atoms with E-state index in [9.17, 15) is 31.2 Å². The summed E-state index contributed by atoms with van der Waals surface area (Å²) in [6, 6.07) is 13.6. The summed E-state index contributed by atoms with van der Waals surface area (Å²) < 4.78 is 67.9. The van der Waals surface area contributed by atoms with Crippen LogP contribution in [0.25, 0.3) is 0 Å². The molecule has 0 aliphatic carbocycles. The van der Waals surface area contributed by atoms with E-state index in [-0.39, 0.29) is 55.0 Å². The Kier molecular flexibility index (Phi) is 6.40. The number of carbonyl (C=O) groups excluding carboxylic acids is 2. The van der Waals surface area contributed by atoms with Gasteiger partial charge in [-0.15, -0.1) is 0 Å². The number of benzene rings is 3. The Balaban J connectivity index is 1.39. The minimum absolute atomic E-state index is 0.0135. The highest BCUT2D eigenvalue weighted by Crippen LogP contribution is 2.36. The first kappa shape index (κ1) is 24.8. The Bertz CT molecular complexity index is 1460. The minimum atomic E-state index is -4.18. The zero-order valence-electron chi connectivity index (χ0n) is 19.5. The van der Waals surface area contributed by atoms with Crippen molar-refractivity contribution in [3.05, 3.63) is 95.3 Å². The number of nitrogens with zero attached hydrogens (tertiary/aromatic N) is 3. The van der Waals surface area contributed by atoms with Crippen molar-refractivity contribution in [3.63, 3.8) is 0 Å². The van der Waals surface area contributed by atoms with Crippen molar-refractivity contribution in [2.45, 2.75) is 24.4 Å². The lowest BCUT2D eigenvalue weighted by molar-refractivity contribution is -0.128. The van der Waals surface area contributed by atoms with Crippen LogP contribution in [-0.4, -0.2) is 42.7 Å². The molecule has 1 atom stereocenters. The average Bonchev–Trinajstić information content (AvgIpc) is 3.18. The van der Waals surface area contributed by atoms with Crippen LogP contribution in [-0.2, 0) is 27.9 Å². The molecule has 2 heterocycles. The molecule has 0 aromatic heterocycles. The largest absolute Gasteiger partial charge is 0.338 e. The van der Waals surface area contributed by atoms with Gasteiger partial charge in [0.15, 0.2) is 0 Å². The maximum atomic E-state index is 13.6. The van der Waals surface area contributed by atoms with E-state index in [1.165, 1.54) is 46.2 Å². The molecule has 1 unspecified atom stereocenters. The quantitative estimate of drug-likeness (QED) is 0.478. The molecule has 2 aliphatic heterocycles. The van der Waals surface area contributed by atoms with E-state index < -0.39 is 33.5 Å². The molecule has 0 bridgehead atoms. The topological polar surface area (TPSA) is 78.0 Å². The first-order chi connectivity index (χ1) is 17.6. The van der Waals surface area contributed by atoms with Crippen molar-refractivity contribution in [1.29, 1.82) is 0 Å². The van der Waals surface area contributed by atoms with Gasteiger partial charge in [-0.05, 0) is 47.5 Å². The second kappa shape index (κ2) is 9.55. The van der Waals surface area contributed by atoms with Crippen molar-refractivity contribution in [1.82, 2.24) is 9.21 Å². The molecule has 0 saturated carbocycles. The summed E-state index contributed by atoms with van der Waals surface area (Å²) in [5.41, 5.74) is 0.950. The van der Waals surface area contributed by atoms with Crippen molar-refractivity contribution in [2.75, 3.05) is 18.0 Å². The molecule has 1 saturated heterocycles. The maximum absolute atomic E-state index is 13.6. The summed E-state index contributed by atoms with van der Waals surface area (Å²) in [5.74, 6) is -2.54. The zero-order chi connectivity index (χ0) is 26.3. The number of urea groups is 1. The summed E-state index contributed by atoms with van der Waals surface area (Å²) in [5, 5.41) is 0. The molecule has 0 spiro atoms. The molecular formula is C26H22F3N3O4S. The van der Waals surface area contributed by atoms with Crippen LogP contribution in [0.1, 0.15) is 17.5 Å². The van der Waals surface area contributed by atoms with Crippen LogP contribution in [0.3, 0.4) is 0 Å². The van der Waals surface area contributed by atoms with Crippen LogP contribution in [0.5, 0.6) is 0 Å². The number of hydrogen-bond donors (Lipinski definition) is 0. The third kappa shape index (κ3) is 4.91. The summed E-state index contributed by atoms with van der Waals surface area (Å²) in [4.78, 5) is 28.9. The Morgan fingerprint density at radius 2 is 1.49 bits per heavy atom. The van der Waals surface area contributed by atoms with Crippen LogP contribution in [0, 0.1) is 23.4 Å². The van der Waals surface area contributed by atoms with Crippen LogP contribution >= 0.6 is 0 Å². The maximum Gasteiger partial charge on any atom is 0.338 e. The smallest absolute Gasteiger partial charge is 0.338 e. The summed E-state index contributed by atoms with van der Waals surface area (Å²) in [6.07, 6.45) is 0.0917. The van der Waals surface area contributed by atoms with Crippen molar-refractivity contribution in [3.8, 4) is 0 Å². The van der Waals surface area contributed by atoms with Crippen LogP contribution < -0.4 is 4.90 Å². The highest BCUT2D eigenvalue weighted by Gasteiger charge is 2.43. The summed E-state index contributed by atoms with van der Waals surface area (Å²) >= 11 is 0. The molecule has 1 fully saturated rings. The normalized spacial score (nSPS) is 18.9. The number of likely N-dealkylation sites (tertiary alicyclic amines) is 1. The summed E-state index contributed by atoms with van der Waals surface area (Å²) in [7, 11) is -4.18. The van der Waals surface area contributed by atoms with E-state index in [0.29, 0.717) is 11.1 Å².